The molecule has 7 nitrogen and oxygen atoms in total. The predicted molar refractivity (Wildman–Crippen MR) is 88.4 cm³/mol. The van der Waals surface area contributed by atoms with E-state index < -0.39 is 23.4 Å². The van der Waals surface area contributed by atoms with Gasteiger partial charge in [-0.25, -0.2) is 9.59 Å². The Labute approximate surface area is 137 Å². The molecule has 1 aliphatic rings. The topological polar surface area (TPSA) is 80.2 Å². The number of alkyl carbamates (subject to hydrolysis) is 1. The summed E-state index contributed by atoms with van der Waals surface area (Å²) in [6, 6.07) is 0. The summed E-state index contributed by atoms with van der Waals surface area (Å²) in [6.45, 7) is 11.8. The maximum atomic E-state index is 12.0. The van der Waals surface area contributed by atoms with Crippen molar-refractivity contribution in [3.05, 3.63) is 12.2 Å². The molecule has 2 amide bonds. The average molecular weight is 325 g/mol. The Bertz CT molecular complexity index is 498. The first-order valence-electron chi connectivity index (χ1n) is 7.68. The summed E-state index contributed by atoms with van der Waals surface area (Å²) in [5.41, 5.74) is -1.29. The van der Waals surface area contributed by atoms with Crippen LogP contribution in [0.4, 0.5) is 9.59 Å². The normalized spacial score (nSPS) is 16.1. The summed E-state index contributed by atoms with van der Waals surface area (Å²) in [5.74, 6) is 0.137. The minimum atomic E-state index is -0.752. The lowest BCUT2D eigenvalue weighted by atomic mass is 10.2. The van der Waals surface area contributed by atoms with E-state index in [1.165, 1.54) is 0 Å². The Hall–Kier alpha value is -2.05. The minimum Gasteiger partial charge on any atom is -0.444 e. The van der Waals surface area contributed by atoms with Gasteiger partial charge in [0.05, 0.1) is 0 Å². The van der Waals surface area contributed by atoms with Gasteiger partial charge in [-0.1, -0.05) is 12.2 Å². The molecule has 0 atom stereocenters. The van der Waals surface area contributed by atoms with Crippen LogP contribution in [0.1, 0.15) is 48.0 Å². The van der Waals surface area contributed by atoms with Gasteiger partial charge in [0.15, 0.2) is 0 Å². The first-order valence-corrected chi connectivity index (χ1v) is 7.68. The van der Waals surface area contributed by atoms with Crippen molar-refractivity contribution in [1.82, 2.24) is 10.2 Å². The number of hydrogen-bond donors (Lipinski definition) is 1. The summed E-state index contributed by atoms with van der Waals surface area (Å²) in [5, 5.41) is 2.54. The van der Waals surface area contributed by atoms with Crippen LogP contribution >= 0.6 is 0 Å². The molecule has 0 saturated heterocycles. The molecule has 7 heteroatoms. The zero-order valence-corrected chi connectivity index (χ0v) is 14.8. The summed E-state index contributed by atoms with van der Waals surface area (Å²) < 4.78 is 10.4. The Morgan fingerprint density at radius 3 is 2.13 bits per heavy atom. The molecule has 0 unspecified atom stereocenters. The Morgan fingerprint density at radius 1 is 1.04 bits per heavy atom. The van der Waals surface area contributed by atoms with E-state index in [-0.39, 0.29) is 5.96 Å². The zero-order valence-electron chi connectivity index (χ0n) is 14.8. The van der Waals surface area contributed by atoms with E-state index in [0.29, 0.717) is 13.1 Å². The van der Waals surface area contributed by atoms with Crippen molar-refractivity contribution in [2.45, 2.75) is 59.2 Å². The van der Waals surface area contributed by atoms with Crippen LogP contribution in [0.3, 0.4) is 0 Å². The van der Waals surface area contributed by atoms with Crippen molar-refractivity contribution in [1.29, 1.82) is 0 Å². The fraction of sp³-hybridized carbons (Fsp3) is 0.688. The highest BCUT2D eigenvalue weighted by Gasteiger charge is 2.23. The second kappa shape index (κ2) is 7.48. The van der Waals surface area contributed by atoms with Crippen LogP contribution < -0.4 is 5.32 Å². The van der Waals surface area contributed by atoms with Crippen molar-refractivity contribution in [3.63, 3.8) is 0 Å². The number of guanidine groups is 1. The third-order valence-electron chi connectivity index (χ3n) is 2.56. The molecule has 0 aromatic carbocycles. The zero-order chi connectivity index (χ0) is 17.7. The van der Waals surface area contributed by atoms with Gasteiger partial charge in [-0.3, -0.25) is 5.32 Å². The fourth-order valence-corrected chi connectivity index (χ4v) is 1.78. The third-order valence-corrected chi connectivity index (χ3v) is 2.56. The smallest absolute Gasteiger partial charge is 0.437 e. The molecule has 1 heterocycles. The molecule has 0 bridgehead atoms. The van der Waals surface area contributed by atoms with Crippen LogP contribution in [-0.4, -0.2) is 47.3 Å². The van der Waals surface area contributed by atoms with E-state index in [4.69, 9.17) is 9.47 Å². The highest BCUT2D eigenvalue weighted by atomic mass is 16.6. The summed E-state index contributed by atoms with van der Waals surface area (Å²) in [7, 11) is 0. The molecule has 0 fully saturated rings. The second-order valence-corrected chi connectivity index (χ2v) is 7.25. The van der Waals surface area contributed by atoms with Crippen molar-refractivity contribution < 1.29 is 19.1 Å². The van der Waals surface area contributed by atoms with E-state index in [2.05, 4.69) is 10.3 Å². The molecule has 0 aromatic heterocycles. The minimum absolute atomic E-state index is 0.137. The molecule has 0 spiro atoms. The van der Waals surface area contributed by atoms with Gasteiger partial charge in [-0.2, -0.15) is 0 Å². The lowest BCUT2D eigenvalue weighted by Gasteiger charge is -2.28. The van der Waals surface area contributed by atoms with E-state index in [1.807, 2.05) is 12.2 Å². The first kappa shape index (κ1) is 19.0. The van der Waals surface area contributed by atoms with Crippen molar-refractivity contribution in [3.8, 4) is 0 Å². The number of carbonyl (C=O) groups excluding carboxylic acids is 2. The van der Waals surface area contributed by atoms with Gasteiger partial charge in [0.2, 0.25) is 5.96 Å². The molecule has 130 valence electrons. The van der Waals surface area contributed by atoms with Crippen LogP contribution in [0, 0.1) is 0 Å². The van der Waals surface area contributed by atoms with Gasteiger partial charge in [-0.15, -0.1) is 4.99 Å². The molecule has 0 aromatic rings. The summed E-state index contributed by atoms with van der Waals surface area (Å²) in [4.78, 5) is 29.6. The molecule has 0 aliphatic carbocycles. The number of amides is 2. The molecule has 23 heavy (non-hydrogen) atoms. The first-order chi connectivity index (χ1) is 10.5. The number of nitrogens with zero attached hydrogens (tertiary/aromatic N) is 2. The van der Waals surface area contributed by atoms with E-state index in [1.54, 1.807) is 46.4 Å². The number of carbonyl (C=O) groups is 2. The lowest BCUT2D eigenvalue weighted by Crippen LogP contribution is -2.47. The number of rotatable bonds is 0. The molecular formula is C16H27N3O4. The third kappa shape index (κ3) is 8.23. The monoisotopic (exact) mass is 325 g/mol. The SMILES string of the molecule is CC(C)(C)OC(=O)N=C(NC(=O)OC(C)(C)C)N1CC=CCC1. The quantitative estimate of drug-likeness (QED) is 0.420. The Kier molecular flexibility index (Phi) is 6.18. The fourth-order valence-electron chi connectivity index (χ4n) is 1.78. The van der Waals surface area contributed by atoms with Crippen molar-refractivity contribution in [2.24, 2.45) is 4.99 Å². The molecule has 0 saturated carbocycles. The highest BCUT2D eigenvalue weighted by molar-refractivity contribution is 5.99. The summed E-state index contributed by atoms with van der Waals surface area (Å²) >= 11 is 0. The van der Waals surface area contributed by atoms with E-state index in [0.717, 1.165) is 6.42 Å². The van der Waals surface area contributed by atoms with Crippen molar-refractivity contribution >= 4 is 18.1 Å². The predicted octanol–water partition coefficient (Wildman–Crippen LogP) is 3.06. The molecular weight excluding hydrogens is 298 g/mol. The maximum Gasteiger partial charge on any atom is 0.437 e. The van der Waals surface area contributed by atoms with Crippen LogP contribution in [-0.2, 0) is 9.47 Å². The van der Waals surface area contributed by atoms with Gasteiger partial charge < -0.3 is 14.4 Å². The Morgan fingerprint density at radius 2 is 1.65 bits per heavy atom. The van der Waals surface area contributed by atoms with Crippen LogP contribution in [0.15, 0.2) is 17.1 Å². The van der Waals surface area contributed by atoms with Gasteiger partial charge in [0.25, 0.3) is 0 Å². The molecule has 1 rings (SSSR count). The standard InChI is InChI=1S/C16H27N3O4/c1-15(2,3)22-13(20)17-12(19-10-8-7-9-11-19)18-14(21)23-16(4,5)6/h7-8H,9-11H2,1-6H3,(H,17,18,20,21). The van der Waals surface area contributed by atoms with Gasteiger partial charge >= 0.3 is 12.2 Å². The second-order valence-electron chi connectivity index (χ2n) is 7.25. The summed E-state index contributed by atoms with van der Waals surface area (Å²) in [6.07, 6.45) is 3.39. The van der Waals surface area contributed by atoms with Crippen molar-refractivity contribution in [2.75, 3.05) is 13.1 Å². The van der Waals surface area contributed by atoms with E-state index in [9.17, 15) is 9.59 Å². The van der Waals surface area contributed by atoms with E-state index >= 15 is 0 Å². The number of hydrogen-bond acceptors (Lipinski definition) is 4. The maximum absolute atomic E-state index is 12.0. The largest absolute Gasteiger partial charge is 0.444 e. The lowest BCUT2D eigenvalue weighted by molar-refractivity contribution is 0.0555. The number of ether oxygens (including phenoxy) is 2. The number of nitrogens with one attached hydrogen (secondary N) is 1. The molecule has 1 aliphatic heterocycles. The average Bonchev–Trinajstić information content (AvgIpc) is 2.34. The van der Waals surface area contributed by atoms with Gasteiger partial charge in [-0.05, 0) is 48.0 Å². The number of aliphatic imine (C=N–C) groups is 1. The van der Waals surface area contributed by atoms with Crippen LogP contribution in [0.5, 0.6) is 0 Å². The molecule has 1 N–H and O–H groups in total. The Balaban J connectivity index is 2.86. The molecule has 0 radical (unpaired) electrons. The highest BCUT2D eigenvalue weighted by Crippen LogP contribution is 2.10. The van der Waals surface area contributed by atoms with Gasteiger partial charge in [0, 0.05) is 13.1 Å². The van der Waals surface area contributed by atoms with Crippen LogP contribution in [0.25, 0.3) is 0 Å². The van der Waals surface area contributed by atoms with Gasteiger partial charge in [0.1, 0.15) is 11.2 Å². The van der Waals surface area contributed by atoms with Crippen LogP contribution in [0.2, 0.25) is 0 Å².